The van der Waals surface area contributed by atoms with Crippen molar-refractivity contribution >= 4 is 0 Å². The summed E-state index contributed by atoms with van der Waals surface area (Å²) in [5.74, 6) is -0.555. The van der Waals surface area contributed by atoms with Crippen LogP contribution in [-0.4, -0.2) is 31.6 Å². The van der Waals surface area contributed by atoms with Crippen LogP contribution in [0, 0.1) is 17.6 Å². The van der Waals surface area contributed by atoms with Gasteiger partial charge in [-0.15, -0.1) is 0 Å². The van der Waals surface area contributed by atoms with Crippen LogP contribution in [0.25, 0.3) is 0 Å². The highest BCUT2D eigenvalue weighted by Crippen LogP contribution is 2.37. The average molecular weight is 268 g/mol. The Bertz CT molecular complexity index is 388. The molecule has 0 radical (unpaired) electrons. The van der Waals surface area contributed by atoms with Gasteiger partial charge in [0.25, 0.3) is 0 Å². The molecule has 1 fully saturated rings. The smallest absolute Gasteiger partial charge is 0.126 e. The molecule has 2 nitrogen and oxygen atoms in total. The van der Waals surface area contributed by atoms with Crippen LogP contribution in [-0.2, 0) is 0 Å². The lowest BCUT2D eigenvalue weighted by atomic mass is 9.93. The molecule has 1 N–H and O–H groups in total. The third kappa shape index (κ3) is 3.31. The van der Waals surface area contributed by atoms with Crippen LogP contribution >= 0.6 is 0 Å². The molecule has 0 aliphatic carbocycles. The first-order valence-electron chi connectivity index (χ1n) is 7.00. The van der Waals surface area contributed by atoms with Crippen LogP contribution in [0.15, 0.2) is 18.2 Å². The van der Waals surface area contributed by atoms with Crippen LogP contribution in [0.3, 0.4) is 0 Å². The van der Waals surface area contributed by atoms with Gasteiger partial charge in [-0.25, -0.2) is 8.78 Å². The number of benzene rings is 1. The molecular formula is C15H22F2N2. The van der Waals surface area contributed by atoms with E-state index in [0.29, 0.717) is 5.92 Å². The highest BCUT2D eigenvalue weighted by molar-refractivity contribution is 5.23. The highest BCUT2D eigenvalue weighted by Gasteiger charge is 2.34. The zero-order valence-corrected chi connectivity index (χ0v) is 11.6. The van der Waals surface area contributed by atoms with Crippen molar-refractivity contribution in [1.29, 1.82) is 0 Å². The SMILES string of the molecule is CCCN1CCC(CNC)C1c1cc(F)cc(F)c1. The maximum Gasteiger partial charge on any atom is 0.126 e. The van der Waals surface area contributed by atoms with Crippen LogP contribution in [0.4, 0.5) is 8.78 Å². The predicted octanol–water partition coefficient (Wildman–Crippen LogP) is 2.96. The summed E-state index contributed by atoms with van der Waals surface area (Å²) >= 11 is 0. The van der Waals surface area contributed by atoms with Crippen LogP contribution in [0.5, 0.6) is 0 Å². The molecule has 2 atom stereocenters. The first-order valence-corrected chi connectivity index (χ1v) is 7.00. The normalized spacial score (nSPS) is 24.0. The zero-order chi connectivity index (χ0) is 13.8. The topological polar surface area (TPSA) is 15.3 Å². The van der Waals surface area contributed by atoms with Gasteiger partial charge in [-0.1, -0.05) is 6.92 Å². The second-order valence-corrected chi connectivity index (χ2v) is 5.29. The molecule has 1 aromatic carbocycles. The van der Waals surface area contributed by atoms with Gasteiger partial charge in [0, 0.05) is 12.1 Å². The van der Waals surface area contributed by atoms with Gasteiger partial charge < -0.3 is 5.32 Å². The Balaban J connectivity index is 2.28. The first-order chi connectivity index (χ1) is 9.15. The van der Waals surface area contributed by atoms with E-state index in [9.17, 15) is 8.78 Å². The maximum atomic E-state index is 13.4. The van der Waals surface area contributed by atoms with E-state index in [4.69, 9.17) is 0 Å². The van der Waals surface area contributed by atoms with Gasteiger partial charge in [-0.3, -0.25) is 4.90 Å². The van der Waals surface area contributed by atoms with Crippen LogP contribution in [0.2, 0.25) is 0 Å². The predicted molar refractivity (Wildman–Crippen MR) is 73.0 cm³/mol. The van der Waals surface area contributed by atoms with E-state index in [1.54, 1.807) is 0 Å². The van der Waals surface area contributed by atoms with E-state index in [0.717, 1.165) is 44.1 Å². The molecule has 1 aliphatic heterocycles. The summed E-state index contributed by atoms with van der Waals surface area (Å²) in [7, 11) is 1.92. The van der Waals surface area contributed by atoms with Gasteiger partial charge >= 0.3 is 0 Å². The number of rotatable bonds is 5. The van der Waals surface area contributed by atoms with Crippen molar-refractivity contribution in [3.63, 3.8) is 0 Å². The van der Waals surface area contributed by atoms with Gasteiger partial charge in [0.15, 0.2) is 0 Å². The van der Waals surface area contributed by atoms with Crippen LogP contribution < -0.4 is 5.32 Å². The average Bonchev–Trinajstić information content (AvgIpc) is 2.72. The van der Waals surface area contributed by atoms with E-state index in [2.05, 4.69) is 17.1 Å². The standard InChI is InChI=1S/C15H22F2N2/c1-3-5-19-6-4-11(10-18-2)15(19)12-7-13(16)9-14(17)8-12/h7-9,11,15,18H,3-6,10H2,1-2H3. The summed E-state index contributed by atoms with van der Waals surface area (Å²) < 4.78 is 26.9. The largest absolute Gasteiger partial charge is 0.319 e. The van der Waals surface area contributed by atoms with Crippen molar-refractivity contribution in [2.75, 3.05) is 26.7 Å². The lowest BCUT2D eigenvalue weighted by Gasteiger charge is -2.28. The molecule has 1 saturated heterocycles. The third-order valence-electron chi connectivity index (χ3n) is 3.83. The summed E-state index contributed by atoms with van der Waals surface area (Å²) in [4.78, 5) is 2.34. The molecule has 4 heteroatoms. The second-order valence-electron chi connectivity index (χ2n) is 5.29. The molecule has 0 bridgehead atoms. The minimum atomic E-state index is -0.485. The number of nitrogens with one attached hydrogen (secondary N) is 1. The van der Waals surface area contributed by atoms with Crippen molar-refractivity contribution in [3.8, 4) is 0 Å². The second kappa shape index (κ2) is 6.44. The first kappa shape index (κ1) is 14.4. The molecular weight excluding hydrogens is 246 g/mol. The van der Waals surface area contributed by atoms with Gasteiger partial charge in [-0.2, -0.15) is 0 Å². The number of likely N-dealkylation sites (tertiary alicyclic amines) is 1. The van der Waals surface area contributed by atoms with Gasteiger partial charge in [0.05, 0.1) is 0 Å². The lowest BCUT2D eigenvalue weighted by Crippen LogP contribution is -2.30. The summed E-state index contributed by atoms with van der Waals surface area (Å²) in [6.45, 7) is 4.99. The Morgan fingerprint density at radius 2 is 1.95 bits per heavy atom. The van der Waals surface area contributed by atoms with Gasteiger partial charge in [0.2, 0.25) is 0 Å². The lowest BCUT2D eigenvalue weighted by molar-refractivity contribution is 0.226. The summed E-state index contributed by atoms with van der Waals surface area (Å²) in [5.41, 5.74) is 0.767. The quantitative estimate of drug-likeness (QED) is 0.883. The molecule has 0 aromatic heterocycles. The number of nitrogens with zero attached hydrogens (tertiary/aromatic N) is 1. The van der Waals surface area contributed by atoms with Gasteiger partial charge in [-0.05, 0) is 63.1 Å². The number of hydrogen-bond acceptors (Lipinski definition) is 2. The molecule has 1 aromatic rings. The minimum Gasteiger partial charge on any atom is -0.319 e. The number of halogens is 2. The summed E-state index contributed by atoms with van der Waals surface area (Å²) in [6, 6.07) is 4.02. The van der Waals surface area contributed by atoms with Crippen molar-refractivity contribution in [3.05, 3.63) is 35.4 Å². The Morgan fingerprint density at radius 3 is 2.53 bits per heavy atom. The molecule has 2 rings (SSSR count). The van der Waals surface area contributed by atoms with Crippen molar-refractivity contribution in [1.82, 2.24) is 10.2 Å². The Hall–Kier alpha value is -1.00. The minimum absolute atomic E-state index is 0.123. The highest BCUT2D eigenvalue weighted by atomic mass is 19.1. The van der Waals surface area contributed by atoms with Crippen LogP contribution in [0.1, 0.15) is 31.4 Å². The summed E-state index contributed by atoms with van der Waals surface area (Å²) in [6.07, 6.45) is 2.13. The molecule has 1 aliphatic rings. The van der Waals surface area contributed by atoms with E-state index in [1.165, 1.54) is 12.1 Å². The molecule has 0 amide bonds. The monoisotopic (exact) mass is 268 g/mol. The Morgan fingerprint density at radius 1 is 1.26 bits per heavy atom. The Labute approximate surface area is 113 Å². The fraction of sp³-hybridized carbons (Fsp3) is 0.600. The molecule has 19 heavy (non-hydrogen) atoms. The van der Waals surface area contributed by atoms with Crippen molar-refractivity contribution < 1.29 is 8.78 Å². The maximum absolute atomic E-state index is 13.4. The fourth-order valence-electron chi connectivity index (χ4n) is 3.17. The van der Waals surface area contributed by atoms with Crippen molar-refractivity contribution in [2.24, 2.45) is 5.92 Å². The molecule has 1 heterocycles. The van der Waals surface area contributed by atoms with Crippen molar-refractivity contribution in [2.45, 2.75) is 25.8 Å². The summed E-state index contributed by atoms with van der Waals surface area (Å²) in [5, 5.41) is 3.19. The number of hydrogen-bond donors (Lipinski definition) is 1. The molecule has 0 saturated carbocycles. The van der Waals surface area contributed by atoms with E-state index >= 15 is 0 Å². The third-order valence-corrected chi connectivity index (χ3v) is 3.83. The molecule has 2 unspecified atom stereocenters. The fourth-order valence-corrected chi connectivity index (χ4v) is 3.17. The van der Waals surface area contributed by atoms with E-state index < -0.39 is 11.6 Å². The molecule has 106 valence electrons. The van der Waals surface area contributed by atoms with E-state index in [1.807, 2.05) is 7.05 Å². The Kier molecular flexibility index (Phi) is 4.88. The zero-order valence-electron chi connectivity index (χ0n) is 11.6. The molecule has 0 spiro atoms. The van der Waals surface area contributed by atoms with E-state index in [-0.39, 0.29) is 6.04 Å². The van der Waals surface area contributed by atoms with Gasteiger partial charge in [0.1, 0.15) is 11.6 Å².